The van der Waals surface area contributed by atoms with E-state index in [-0.39, 0.29) is 30.0 Å². The number of ether oxygens (including phenoxy) is 1. The molecule has 0 saturated carbocycles. The van der Waals surface area contributed by atoms with Gasteiger partial charge in [0.1, 0.15) is 0 Å². The van der Waals surface area contributed by atoms with Crippen molar-refractivity contribution in [2.24, 2.45) is 10.7 Å². The maximum atomic E-state index is 5.74. The number of rotatable bonds is 5. The lowest BCUT2D eigenvalue weighted by atomic mass is 10.4. The van der Waals surface area contributed by atoms with Crippen LogP contribution in [0.1, 0.15) is 17.5 Å². The van der Waals surface area contributed by atoms with Crippen LogP contribution in [0.2, 0.25) is 0 Å². The van der Waals surface area contributed by atoms with Crippen LogP contribution in [-0.4, -0.2) is 30.7 Å². The van der Waals surface area contributed by atoms with E-state index in [4.69, 9.17) is 10.5 Å². The number of guanidine groups is 1. The first-order valence-electron chi connectivity index (χ1n) is 5.07. The van der Waals surface area contributed by atoms with E-state index in [1.807, 2.05) is 19.4 Å². The van der Waals surface area contributed by atoms with Crippen molar-refractivity contribution in [1.29, 1.82) is 0 Å². The molecule has 0 fully saturated rings. The molecule has 17 heavy (non-hydrogen) atoms. The van der Waals surface area contributed by atoms with Crippen LogP contribution in [0.5, 0.6) is 0 Å². The van der Waals surface area contributed by atoms with Crippen molar-refractivity contribution < 1.29 is 4.74 Å². The molecule has 1 unspecified atom stereocenters. The summed E-state index contributed by atoms with van der Waals surface area (Å²) in [5.74, 6) is 0.442. The fourth-order valence-corrected chi connectivity index (χ4v) is 1.93. The van der Waals surface area contributed by atoms with Crippen molar-refractivity contribution in [3.63, 3.8) is 0 Å². The molecule has 0 aliphatic rings. The normalized spacial score (nSPS) is 13.0. The molecule has 7 heteroatoms. The number of nitrogens with zero attached hydrogens (tertiary/aromatic N) is 2. The highest BCUT2D eigenvalue weighted by molar-refractivity contribution is 14.0. The Bertz CT molecular complexity index is 356. The summed E-state index contributed by atoms with van der Waals surface area (Å²) in [6.45, 7) is 5.15. The lowest BCUT2D eigenvalue weighted by molar-refractivity contribution is 0.179. The minimum Gasteiger partial charge on any atom is -0.383 e. The molecule has 1 aromatic heterocycles. The highest BCUT2D eigenvalue weighted by atomic mass is 127. The Morgan fingerprint density at radius 1 is 1.71 bits per heavy atom. The van der Waals surface area contributed by atoms with Gasteiger partial charge in [0, 0.05) is 18.0 Å². The highest BCUT2D eigenvalue weighted by Crippen LogP contribution is 2.12. The van der Waals surface area contributed by atoms with Crippen molar-refractivity contribution in [3.8, 4) is 0 Å². The minimum atomic E-state index is 0. The third-order valence-corrected chi connectivity index (χ3v) is 2.97. The number of hydrogen-bond acceptors (Lipinski definition) is 4. The van der Waals surface area contributed by atoms with E-state index in [0.29, 0.717) is 19.1 Å². The van der Waals surface area contributed by atoms with Gasteiger partial charge in [-0.3, -0.25) is 0 Å². The highest BCUT2D eigenvalue weighted by Gasteiger charge is 2.03. The van der Waals surface area contributed by atoms with Gasteiger partial charge in [-0.05, 0) is 13.8 Å². The van der Waals surface area contributed by atoms with E-state index in [1.54, 1.807) is 18.4 Å². The van der Waals surface area contributed by atoms with Gasteiger partial charge in [0.15, 0.2) is 5.96 Å². The average molecular weight is 370 g/mol. The van der Waals surface area contributed by atoms with Crippen molar-refractivity contribution in [3.05, 3.63) is 16.1 Å². The topological polar surface area (TPSA) is 72.5 Å². The summed E-state index contributed by atoms with van der Waals surface area (Å²) in [4.78, 5) is 9.54. The van der Waals surface area contributed by atoms with Crippen LogP contribution in [0.4, 0.5) is 0 Å². The molecule has 0 spiro atoms. The second-order valence-corrected chi connectivity index (χ2v) is 4.50. The molecule has 0 aromatic carbocycles. The second-order valence-electron chi connectivity index (χ2n) is 3.56. The van der Waals surface area contributed by atoms with Gasteiger partial charge in [-0.25, -0.2) is 9.98 Å². The summed E-state index contributed by atoms with van der Waals surface area (Å²) >= 11 is 1.59. The van der Waals surface area contributed by atoms with Gasteiger partial charge in [0.05, 0.1) is 24.4 Å². The number of aryl methyl sites for hydroxylation is 1. The van der Waals surface area contributed by atoms with E-state index in [9.17, 15) is 0 Å². The van der Waals surface area contributed by atoms with Crippen LogP contribution in [0.3, 0.4) is 0 Å². The Kier molecular flexibility index (Phi) is 8.44. The Balaban J connectivity index is 0.00000256. The molecule has 0 saturated heterocycles. The number of aromatic nitrogens is 1. The third-order valence-electron chi connectivity index (χ3n) is 2.05. The van der Waals surface area contributed by atoms with Crippen molar-refractivity contribution in [2.45, 2.75) is 26.4 Å². The molecular formula is C10H19IN4OS. The van der Waals surface area contributed by atoms with Crippen molar-refractivity contribution in [1.82, 2.24) is 10.3 Å². The SMILES string of the molecule is COCC(C)NC(N)=NCc1scnc1C.I. The lowest BCUT2D eigenvalue weighted by Gasteiger charge is -2.12. The van der Waals surface area contributed by atoms with Crippen LogP contribution < -0.4 is 11.1 Å². The monoisotopic (exact) mass is 370 g/mol. The lowest BCUT2D eigenvalue weighted by Crippen LogP contribution is -2.40. The summed E-state index contributed by atoms with van der Waals surface area (Å²) in [5.41, 5.74) is 8.58. The second kappa shape index (κ2) is 8.65. The van der Waals surface area contributed by atoms with Crippen LogP contribution in [0, 0.1) is 6.92 Å². The molecule has 0 amide bonds. The molecule has 5 nitrogen and oxygen atoms in total. The number of hydrogen-bond donors (Lipinski definition) is 2. The molecule has 0 radical (unpaired) electrons. The van der Waals surface area contributed by atoms with E-state index < -0.39 is 0 Å². The average Bonchev–Trinajstić information content (AvgIpc) is 2.61. The number of nitrogens with two attached hydrogens (primary N) is 1. The zero-order valence-corrected chi connectivity index (χ0v) is 13.4. The van der Waals surface area contributed by atoms with Gasteiger partial charge in [0.25, 0.3) is 0 Å². The summed E-state index contributed by atoms with van der Waals surface area (Å²) in [7, 11) is 1.66. The first-order valence-corrected chi connectivity index (χ1v) is 5.95. The molecule has 98 valence electrons. The number of methoxy groups -OCH3 is 1. The molecule has 1 heterocycles. The van der Waals surface area contributed by atoms with Gasteiger partial charge < -0.3 is 15.8 Å². The zero-order chi connectivity index (χ0) is 12.0. The molecule has 1 aromatic rings. The summed E-state index contributed by atoms with van der Waals surface area (Å²) < 4.78 is 4.99. The first kappa shape index (κ1) is 16.6. The number of halogens is 1. The van der Waals surface area contributed by atoms with Gasteiger partial charge in [-0.15, -0.1) is 35.3 Å². The summed E-state index contributed by atoms with van der Waals surface area (Å²) in [6, 6.07) is 0.163. The number of thiazole rings is 1. The molecular weight excluding hydrogens is 351 g/mol. The Labute approximate surface area is 123 Å². The van der Waals surface area contributed by atoms with Crippen LogP contribution in [-0.2, 0) is 11.3 Å². The van der Waals surface area contributed by atoms with Gasteiger partial charge in [-0.1, -0.05) is 0 Å². The minimum absolute atomic E-state index is 0. The summed E-state index contributed by atoms with van der Waals surface area (Å²) in [5, 5.41) is 3.05. The van der Waals surface area contributed by atoms with Crippen molar-refractivity contribution >= 4 is 41.3 Å². The first-order chi connectivity index (χ1) is 7.63. The molecule has 1 rings (SSSR count). The molecule has 3 N–H and O–H groups in total. The van der Waals surface area contributed by atoms with Crippen LogP contribution in [0.25, 0.3) is 0 Å². The fourth-order valence-electron chi connectivity index (χ4n) is 1.22. The maximum absolute atomic E-state index is 5.74. The largest absolute Gasteiger partial charge is 0.383 e. The van der Waals surface area contributed by atoms with Crippen LogP contribution in [0.15, 0.2) is 10.5 Å². The van der Waals surface area contributed by atoms with E-state index in [2.05, 4.69) is 15.3 Å². The summed E-state index contributed by atoms with van der Waals surface area (Å²) in [6.07, 6.45) is 0. The predicted molar refractivity (Wildman–Crippen MR) is 82.1 cm³/mol. The van der Waals surface area contributed by atoms with E-state index in [0.717, 1.165) is 10.6 Å². The standard InChI is InChI=1S/C10H18N4OS.HI/c1-7(5-15-3)14-10(11)12-4-9-8(2)13-6-16-9;/h6-7H,4-5H2,1-3H3,(H3,11,12,14);1H. The Morgan fingerprint density at radius 3 is 2.94 bits per heavy atom. The van der Waals surface area contributed by atoms with E-state index >= 15 is 0 Å². The quantitative estimate of drug-likeness (QED) is 0.468. The van der Waals surface area contributed by atoms with Crippen molar-refractivity contribution in [2.75, 3.05) is 13.7 Å². The molecule has 0 aliphatic carbocycles. The van der Waals surface area contributed by atoms with Gasteiger partial charge >= 0.3 is 0 Å². The van der Waals surface area contributed by atoms with Gasteiger partial charge in [0.2, 0.25) is 0 Å². The maximum Gasteiger partial charge on any atom is 0.189 e. The van der Waals surface area contributed by atoms with Crippen LogP contribution >= 0.6 is 35.3 Å². The number of aliphatic imine (C=N–C) groups is 1. The molecule has 1 atom stereocenters. The van der Waals surface area contributed by atoms with Gasteiger partial charge in [-0.2, -0.15) is 0 Å². The fraction of sp³-hybridized carbons (Fsp3) is 0.600. The molecule has 0 aliphatic heterocycles. The predicted octanol–water partition coefficient (Wildman–Crippen LogP) is 1.51. The number of nitrogens with one attached hydrogen (secondary N) is 1. The zero-order valence-electron chi connectivity index (χ0n) is 10.3. The molecule has 0 bridgehead atoms. The van der Waals surface area contributed by atoms with E-state index in [1.165, 1.54) is 0 Å². The Hall–Kier alpha value is -0.410. The third kappa shape index (κ3) is 6.18. The smallest absolute Gasteiger partial charge is 0.189 e. The Morgan fingerprint density at radius 2 is 2.41 bits per heavy atom.